The van der Waals surface area contributed by atoms with Gasteiger partial charge in [-0.15, -0.1) is 0 Å². The first-order chi connectivity index (χ1) is 13.2. The standard InChI is InChI=1S/C27H22/c1-19-11-3-4-12-20(19)21-13-5-8-16-24(21)27(2)25-17-9-6-14-22(25)23-15-7-10-18-26(23)27/h3-18H,1-2H3. The molecule has 4 aromatic rings. The zero-order valence-electron chi connectivity index (χ0n) is 15.7. The van der Waals surface area contributed by atoms with Crippen LogP contribution in [0, 0.1) is 6.92 Å². The second kappa shape index (κ2) is 5.96. The number of hydrogen-bond donors (Lipinski definition) is 0. The highest BCUT2D eigenvalue weighted by molar-refractivity contribution is 5.86. The van der Waals surface area contributed by atoms with Crippen molar-refractivity contribution < 1.29 is 0 Å². The fraction of sp³-hybridized carbons (Fsp3) is 0.111. The molecule has 0 aromatic heterocycles. The molecule has 0 saturated carbocycles. The van der Waals surface area contributed by atoms with Crippen molar-refractivity contribution in [3.05, 3.63) is 119 Å². The summed E-state index contributed by atoms with van der Waals surface area (Å²) in [5.74, 6) is 0. The van der Waals surface area contributed by atoms with Gasteiger partial charge in [0.2, 0.25) is 0 Å². The molecule has 0 atom stereocenters. The Labute approximate surface area is 161 Å². The van der Waals surface area contributed by atoms with Crippen LogP contribution in [0.4, 0.5) is 0 Å². The van der Waals surface area contributed by atoms with E-state index in [0.29, 0.717) is 0 Å². The average Bonchev–Trinajstić information content (AvgIpc) is 2.99. The largest absolute Gasteiger partial charge is 0.0620 e. The van der Waals surface area contributed by atoms with Crippen molar-refractivity contribution in [2.45, 2.75) is 19.3 Å². The van der Waals surface area contributed by atoms with Crippen LogP contribution < -0.4 is 0 Å². The van der Waals surface area contributed by atoms with E-state index in [0.717, 1.165) is 0 Å². The predicted octanol–water partition coefficient (Wildman–Crippen LogP) is 7.00. The van der Waals surface area contributed by atoms with Crippen LogP contribution >= 0.6 is 0 Å². The van der Waals surface area contributed by atoms with E-state index >= 15 is 0 Å². The van der Waals surface area contributed by atoms with E-state index in [-0.39, 0.29) is 5.41 Å². The molecule has 0 radical (unpaired) electrons. The minimum absolute atomic E-state index is 0.161. The van der Waals surface area contributed by atoms with Gasteiger partial charge in [-0.1, -0.05) is 97.1 Å². The summed E-state index contributed by atoms with van der Waals surface area (Å²) in [6.07, 6.45) is 0. The molecule has 0 fully saturated rings. The molecule has 0 heteroatoms. The van der Waals surface area contributed by atoms with Crippen molar-refractivity contribution >= 4 is 0 Å². The summed E-state index contributed by atoms with van der Waals surface area (Å²) in [6, 6.07) is 35.3. The molecule has 130 valence electrons. The van der Waals surface area contributed by atoms with Crippen LogP contribution in [0.15, 0.2) is 97.1 Å². The van der Waals surface area contributed by atoms with Crippen LogP contribution in [0.1, 0.15) is 29.2 Å². The van der Waals surface area contributed by atoms with Crippen molar-refractivity contribution in [2.24, 2.45) is 0 Å². The van der Waals surface area contributed by atoms with Gasteiger partial charge in [0.05, 0.1) is 0 Å². The molecule has 0 heterocycles. The van der Waals surface area contributed by atoms with E-state index < -0.39 is 0 Å². The van der Waals surface area contributed by atoms with Gasteiger partial charge >= 0.3 is 0 Å². The molecule has 0 spiro atoms. The Kier molecular flexibility index (Phi) is 3.55. The van der Waals surface area contributed by atoms with Gasteiger partial charge in [-0.3, -0.25) is 0 Å². The Morgan fingerprint density at radius 3 is 1.22 bits per heavy atom. The Balaban J connectivity index is 1.86. The highest BCUT2D eigenvalue weighted by atomic mass is 14.4. The quantitative estimate of drug-likeness (QED) is 0.367. The Morgan fingerprint density at radius 2 is 0.778 bits per heavy atom. The van der Waals surface area contributed by atoms with Gasteiger partial charge in [-0.25, -0.2) is 0 Å². The molecular formula is C27H22. The van der Waals surface area contributed by atoms with Crippen LogP contribution in [0.5, 0.6) is 0 Å². The molecule has 0 amide bonds. The molecular weight excluding hydrogens is 324 g/mol. The molecule has 0 saturated heterocycles. The number of hydrogen-bond acceptors (Lipinski definition) is 0. The molecule has 4 aromatic carbocycles. The molecule has 0 N–H and O–H groups in total. The first-order valence-electron chi connectivity index (χ1n) is 9.56. The van der Waals surface area contributed by atoms with Crippen molar-refractivity contribution in [1.82, 2.24) is 0 Å². The van der Waals surface area contributed by atoms with Crippen LogP contribution in [0.3, 0.4) is 0 Å². The molecule has 0 nitrogen and oxygen atoms in total. The van der Waals surface area contributed by atoms with E-state index in [4.69, 9.17) is 0 Å². The highest BCUT2D eigenvalue weighted by Crippen LogP contribution is 2.53. The lowest BCUT2D eigenvalue weighted by molar-refractivity contribution is 0.716. The Hall–Kier alpha value is -3.12. The zero-order chi connectivity index (χ0) is 18.4. The fourth-order valence-corrected chi connectivity index (χ4v) is 4.77. The number of fused-ring (bicyclic) bond motifs is 3. The summed E-state index contributed by atoms with van der Waals surface area (Å²) in [5, 5.41) is 0. The van der Waals surface area contributed by atoms with Gasteiger partial charge in [0, 0.05) is 5.41 Å². The van der Waals surface area contributed by atoms with Crippen molar-refractivity contribution in [1.29, 1.82) is 0 Å². The molecule has 1 aliphatic carbocycles. The van der Waals surface area contributed by atoms with Gasteiger partial charge < -0.3 is 0 Å². The van der Waals surface area contributed by atoms with Crippen molar-refractivity contribution in [3.8, 4) is 22.3 Å². The second-order valence-electron chi connectivity index (χ2n) is 7.58. The number of aryl methyl sites for hydroxylation is 1. The maximum Gasteiger partial charge on any atom is 0.0441 e. The SMILES string of the molecule is Cc1ccccc1-c1ccccc1C1(C)c2ccccc2-c2ccccc21. The molecule has 0 aliphatic heterocycles. The van der Waals surface area contributed by atoms with Gasteiger partial charge in [-0.2, -0.15) is 0 Å². The van der Waals surface area contributed by atoms with Crippen LogP contribution in [0.2, 0.25) is 0 Å². The topological polar surface area (TPSA) is 0 Å². The van der Waals surface area contributed by atoms with E-state index in [9.17, 15) is 0 Å². The van der Waals surface area contributed by atoms with Crippen molar-refractivity contribution in [3.63, 3.8) is 0 Å². The first-order valence-corrected chi connectivity index (χ1v) is 9.56. The maximum absolute atomic E-state index is 2.38. The Bertz CT molecular complexity index is 1100. The normalized spacial score (nSPS) is 13.9. The van der Waals surface area contributed by atoms with Crippen LogP contribution in [0.25, 0.3) is 22.3 Å². The number of benzene rings is 4. The third kappa shape index (κ3) is 2.23. The lowest BCUT2D eigenvalue weighted by atomic mass is 9.71. The fourth-order valence-electron chi connectivity index (χ4n) is 4.77. The smallest absolute Gasteiger partial charge is 0.0441 e. The van der Waals surface area contributed by atoms with Gasteiger partial charge in [0.1, 0.15) is 0 Å². The first kappa shape index (κ1) is 16.1. The van der Waals surface area contributed by atoms with E-state index in [1.165, 1.54) is 44.5 Å². The summed E-state index contributed by atoms with van der Waals surface area (Å²) >= 11 is 0. The molecule has 0 unspecified atom stereocenters. The lowest BCUT2D eigenvalue weighted by Gasteiger charge is -2.31. The molecule has 0 bridgehead atoms. The summed E-state index contributed by atoms with van der Waals surface area (Å²) in [5.41, 5.74) is 10.7. The van der Waals surface area contributed by atoms with Gasteiger partial charge in [-0.05, 0) is 58.4 Å². The average molecular weight is 346 g/mol. The minimum Gasteiger partial charge on any atom is -0.0620 e. The summed E-state index contributed by atoms with van der Waals surface area (Å²) in [7, 11) is 0. The van der Waals surface area contributed by atoms with Crippen molar-refractivity contribution in [2.75, 3.05) is 0 Å². The third-order valence-electron chi connectivity index (χ3n) is 6.12. The lowest BCUT2D eigenvalue weighted by Crippen LogP contribution is -2.23. The van der Waals surface area contributed by atoms with Crippen LogP contribution in [-0.2, 0) is 5.41 Å². The monoisotopic (exact) mass is 346 g/mol. The number of rotatable bonds is 2. The highest BCUT2D eigenvalue weighted by Gasteiger charge is 2.41. The van der Waals surface area contributed by atoms with Crippen LogP contribution in [-0.4, -0.2) is 0 Å². The summed E-state index contributed by atoms with van der Waals surface area (Å²) in [4.78, 5) is 0. The summed E-state index contributed by atoms with van der Waals surface area (Å²) < 4.78 is 0. The van der Waals surface area contributed by atoms with E-state index in [2.05, 4.69) is 111 Å². The maximum atomic E-state index is 2.38. The molecule has 27 heavy (non-hydrogen) atoms. The zero-order valence-corrected chi connectivity index (χ0v) is 15.7. The van der Waals surface area contributed by atoms with E-state index in [1.54, 1.807) is 0 Å². The van der Waals surface area contributed by atoms with Gasteiger partial charge in [0.15, 0.2) is 0 Å². The second-order valence-corrected chi connectivity index (χ2v) is 7.58. The van der Waals surface area contributed by atoms with Gasteiger partial charge in [0.25, 0.3) is 0 Å². The predicted molar refractivity (Wildman–Crippen MR) is 114 cm³/mol. The summed E-state index contributed by atoms with van der Waals surface area (Å²) in [6.45, 7) is 4.58. The third-order valence-corrected chi connectivity index (χ3v) is 6.12. The minimum atomic E-state index is -0.161. The Morgan fingerprint density at radius 1 is 0.444 bits per heavy atom. The van der Waals surface area contributed by atoms with E-state index in [1.807, 2.05) is 0 Å². The molecule has 5 rings (SSSR count). The molecule has 1 aliphatic rings.